The zero-order valence-electron chi connectivity index (χ0n) is 13.2. The van der Waals surface area contributed by atoms with Gasteiger partial charge in [0.15, 0.2) is 0 Å². The molecule has 2 heterocycles. The second-order valence-electron chi connectivity index (χ2n) is 6.76. The molecule has 0 aromatic carbocycles. The molecule has 1 aliphatic rings. The van der Waals surface area contributed by atoms with Gasteiger partial charge in [-0.1, -0.05) is 17.7 Å². The average Bonchev–Trinajstić information content (AvgIpc) is 2.39. The van der Waals surface area contributed by atoms with Crippen molar-refractivity contribution in [1.29, 1.82) is 0 Å². The van der Waals surface area contributed by atoms with Crippen LogP contribution in [0.1, 0.15) is 45.5 Å². The van der Waals surface area contributed by atoms with Crippen LogP contribution in [-0.2, 0) is 13.1 Å². The van der Waals surface area contributed by atoms with Crippen LogP contribution in [-0.4, -0.2) is 28.5 Å². The monoisotopic (exact) mass is 273 g/mol. The molecule has 3 nitrogen and oxygen atoms in total. The Balaban J connectivity index is 1.92. The molecule has 0 aliphatic carbocycles. The Morgan fingerprint density at radius 1 is 1.25 bits per heavy atom. The lowest BCUT2D eigenvalue weighted by atomic mass is 10.1. The summed E-state index contributed by atoms with van der Waals surface area (Å²) < 4.78 is 0. The Labute approximate surface area is 123 Å². The predicted octanol–water partition coefficient (Wildman–Crippen LogP) is 3.12. The zero-order chi connectivity index (χ0) is 14.6. The minimum Gasteiger partial charge on any atom is -0.306 e. The van der Waals surface area contributed by atoms with Gasteiger partial charge >= 0.3 is 0 Å². The number of pyridine rings is 1. The van der Waals surface area contributed by atoms with Crippen LogP contribution in [0, 0.1) is 0 Å². The topological polar surface area (TPSA) is 28.2 Å². The van der Waals surface area contributed by atoms with Gasteiger partial charge in [-0.15, -0.1) is 0 Å². The number of nitrogens with one attached hydrogen (secondary N) is 1. The normalized spacial score (nSPS) is 17.1. The molecule has 0 atom stereocenters. The van der Waals surface area contributed by atoms with Gasteiger partial charge in [0.25, 0.3) is 0 Å². The van der Waals surface area contributed by atoms with Crippen molar-refractivity contribution in [3.05, 3.63) is 41.2 Å². The predicted molar refractivity (Wildman–Crippen MR) is 84.5 cm³/mol. The van der Waals surface area contributed by atoms with Crippen molar-refractivity contribution >= 4 is 0 Å². The van der Waals surface area contributed by atoms with Gasteiger partial charge in [0.05, 0.1) is 11.4 Å². The molecule has 0 saturated carbocycles. The van der Waals surface area contributed by atoms with Crippen LogP contribution in [0.2, 0.25) is 0 Å². The third-order valence-electron chi connectivity index (χ3n) is 3.57. The van der Waals surface area contributed by atoms with Crippen LogP contribution in [0.15, 0.2) is 29.8 Å². The van der Waals surface area contributed by atoms with E-state index in [1.54, 1.807) is 0 Å². The van der Waals surface area contributed by atoms with Crippen LogP contribution < -0.4 is 5.32 Å². The lowest BCUT2D eigenvalue weighted by Gasteiger charge is -2.25. The molecular weight excluding hydrogens is 246 g/mol. The highest BCUT2D eigenvalue weighted by atomic mass is 15.1. The third-order valence-corrected chi connectivity index (χ3v) is 3.57. The van der Waals surface area contributed by atoms with Gasteiger partial charge in [-0.3, -0.25) is 9.88 Å². The molecule has 2 rings (SSSR count). The molecule has 0 radical (unpaired) electrons. The number of rotatable bonds is 4. The first-order chi connectivity index (χ1) is 9.42. The van der Waals surface area contributed by atoms with E-state index in [1.165, 1.54) is 17.7 Å². The van der Waals surface area contributed by atoms with Crippen molar-refractivity contribution in [2.24, 2.45) is 0 Å². The van der Waals surface area contributed by atoms with Gasteiger partial charge in [0, 0.05) is 31.7 Å². The smallest absolute Gasteiger partial charge is 0.0547 e. The van der Waals surface area contributed by atoms with Gasteiger partial charge in [-0.05, 0) is 46.2 Å². The maximum Gasteiger partial charge on any atom is 0.0547 e. The van der Waals surface area contributed by atoms with E-state index in [0.29, 0.717) is 0 Å². The Hall–Kier alpha value is -1.19. The molecule has 0 amide bonds. The molecule has 0 spiro atoms. The molecule has 1 aromatic rings. The van der Waals surface area contributed by atoms with Crippen molar-refractivity contribution in [3.8, 4) is 0 Å². The lowest BCUT2D eigenvalue weighted by molar-refractivity contribution is 0.282. The van der Waals surface area contributed by atoms with E-state index in [9.17, 15) is 0 Å². The SMILES string of the molecule is CC1=CCN(Cc2cccc(CNC(C)(C)C)n2)CC1. The summed E-state index contributed by atoms with van der Waals surface area (Å²) >= 11 is 0. The summed E-state index contributed by atoms with van der Waals surface area (Å²) in [6.07, 6.45) is 3.51. The number of hydrogen-bond acceptors (Lipinski definition) is 3. The summed E-state index contributed by atoms with van der Waals surface area (Å²) in [6.45, 7) is 12.7. The summed E-state index contributed by atoms with van der Waals surface area (Å²) in [5.41, 5.74) is 3.94. The van der Waals surface area contributed by atoms with E-state index in [0.717, 1.165) is 31.9 Å². The minimum absolute atomic E-state index is 0.132. The fraction of sp³-hybridized carbons (Fsp3) is 0.588. The molecule has 1 aliphatic heterocycles. The van der Waals surface area contributed by atoms with Crippen molar-refractivity contribution in [2.45, 2.75) is 52.7 Å². The second-order valence-corrected chi connectivity index (χ2v) is 6.76. The molecule has 1 aromatic heterocycles. The fourth-order valence-corrected chi connectivity index (χ4v) is 2.26. The molecule has 20 heavy (non-hydrogen) atoms. The van der Waals surface area contributed by atoms with Crippen molar-refractivity contribution < 1.29 is 0 Å². The first-order valence-corrected chi connectivity index (χ1v) is 7.50. The number of nitrogens with zero attached hydrogens (tertiary/aromatic N) is 2. The fourth-order valence-electron chi connectivity index (χ4n) is 2.26. The van der Waals surface area contributed by atoms with Gasteiger partial charge < -0.3 is 5.32 Å². The highest BCUT2D eigenvalue weighted by Crippen LogP contribution is 2.12. The molecular formula is C17H27N3. The maximum absolute atomic E-state index is 4.76. The van der Waals surface area contributed by atoms with Gasteiger partial charge in [0.2, 0.25) is 0 Å². The molecule has 0 saturated heterocycles. The van der Waals surface area contributed by atoms with Crippen molar-refractivity contribution in [3.63, 3.8) is 0 Å². The van der Waals surface area contributed by atoms with E-state index in [2.05, 4.69) is 62.2 Å². The van der Waals surface area contributed by atoms with E-state index in [1.807, 2.05) is 0 Å². The van der Waals surface area contributed by atoms with E-state index in [-0.39, 0.29) is 5.54 Å². The Morgan fingerprint density at radius 2 is 2.00 bits per heavy atom. The summed E-state index contributed by atoms with van der Waals surface area (Å²) in [4.78, 5) is 7.22. The molecule has 0 bridgehead atoms. The average molecular weight is 273 g/mol. The Kier molecular flexibility index (Phi) is 4.95. The largest absolute Gasteiger partial charge is 0.306 e. The van der Waals surface area contributed by atoms with E-state index < -0.39 is 0 Å². The zero-order valence-corrected chi connectivity index (χ0v) is 13.2. The molecule has 3 heteroatoms. The Morgan fingerprint density at radius 3 is 2.65 bits per heavy atom. The number of aromatic nitrogens is 1. The van der Waals surface area contributed by atoms with Crippen LogP contribution in [0.5, 0.6) is 0 Å². The van der Waals surface area contributed by atoms with Gasteiger partial charge in [-0.25, -0.2) is 0 Å². The van der Waals surface area contributed by atoms with Crippen molar-refractivity contribution in [2.75, 3.05) is 13.1 Å². The maximum atomic E-state index is 4.76. The van der Waals surface area contributed by atoms with Crippen LogP contribution in [0.4, 0.5) is 0 Å². The standard InChI is InChI=1S/C17H27N3/c1-14-8-10-20(11-9-14)13-16-7-5-6-15(19-16)12-18-17(2,3)4/h5-8,18H,9-13H2,1-4H3. The van der Waals surface area contributed by atoms with Gasteiger partial charge in [0.1, 0.15) is 0 Å². The van der Waals surface area contributed by atoms with Gasteiger partial charge in [-0.2, -0.15) is 0 Å². The summed E-state index contributed by atoms with van der Waals surface area (Å²) in [5, 5.41) is 3.49. The summed E-state index contributed by atoms with van der Waals surface area (Å²) in [6, 6.07) is 6.35. The minimum atomic E-state index is 0.132. The molecule has 1 N–H and O–H groups in total. The third kappa shape index (κ3) is 5.06. The first-order valence-electron chi connectivity index (χ1n) is 7.50. The number of hydrogen-bond donors (Lipinski definition) is 1. The van der Waals surface area contributed by atoms with Crippen LogP contribution >= 0.6 is 0 Å². The second kappa shape index (κ2) is 6.51. The van der Waals surface area contributed by atoms with E-state index in [4.69, 9.17) is 4.98 Å². The molecule has 0 unspecified atom stereocenters. The quantitative estimate of drug-likeness (QED) is 0.854. The molecule has 0 fully saturated rings. The highest BCUT2D eigenvalue weighted by molar-refractivity contribution is 5.12. The first kappa shape index (κ1) is 15.2. The Bertz CT molecular complexity index is 471. The van der Waals surface area contributed by atoms with E-state index >= 15 is 0 Å². The summed E-state index contributed by atoms with van der Waals surface area (Å²) in [5.74, 6) is 0. The van der Waals surface area contributed by atoms with Crippen molar-refractivity contribution in [1.82, 2.24) is 15.2 Å². The van der Waals surface area contributed by atoms with Crippen LogP contribution in [0.25, 0.3) is 0 Å². The highest BCUT2D eigenvalue weighted by Gasteiger charge is 2.12. The summed E-state index contributed by atoms with van der Waals surface area (Å²) in [7, 11) is 0. The van der Waals surface area contributed by atoms with Crippen LogP contribution in [0.3, 0.4) is 0 Å². The molecule has 110 valence electrons. The lowest BCUT2D eigenvalue weighted by Crippen LogP contribution is -2.35.